The summed E-state index contributed by atoms with van der Waals surface area (Å²) in [5, 5.41) is 26.6. The monoisotopic (exact) mass is 341 g/mol. The van der Waals surface area contributed by atoms with Gasteiger partial charge < -0.3 is 15.7 Å². The Labute approximate surface area is 144 Å². The molecule has 0 bridgehead atoms. The summed E-state index contributed by atoms with van der Waals surface area (Å²) >= 11 is 0. The number of nitrogens with one attached hydrogen (secondary N) is 2. The Kier molecular flexibility index (Phi) is 4.67. The lowest BCUT2D eigenvalue weighted by atomic mass is 10.1. The van der Waals surface area contributed by atoms with Gasteiger partial charge in [-0.1, -0.05) is 36.4 Å². The number of carbonyl (C=O) groups is 1. The minimum absolute atomic E-state index is 0.0216. The third-order valence-electron chi connectivity index (χ3n) is 4.42. The first-order valence-electron chi connectivity index (χ1n) is 8.03. The minimum atomic E-state index is -0.670. The molecule has 0 unspecified atom stereocenters. The molecule has 0 saturated carbocycles. The maximum absolute atomic E-state index is 12.3. The molecule has 7 heteroatoms. The van der Waals surface area contributed by atoms with Gasteiger partial charge in [0.05, 0.1) is 23.1 Å². The van der Waals surface area contributed by atoms with Gasteiger partial charge in [-0.15, -0.1) is 0 Å². The molecule has 1 aliphatic carbocycles. The number of hydrogen-bond donors (Lipinski definition) is 3. The number of aliphatic hydroxyl groups is 1. The lowest BCUT2D eigenvalue weighted by molar-refractivity contribution is -0.384. The van der Waals surface area contributed by atoms with Gasteiger partial charge in [0, 0.05) is 18.6 Å². The second-order valence-electron chi connectivity index (χ2n) is 6.14. The predicted molar refractivity (Wildman–Crippen MR) is 92.1 cm³/mol. The number of nitro benzene ring substituents is 1. The van der Waals surface area contributed by atoms with Crippen LogP contribution in [0.1, 0.15) is 35.7 Å². The summed E-state index contributed by atoms with van der Waals surface area (Å²) in [4.78, 5) is 22.7. The van der Waals surface area contributed by atoms with Crippen LogP contribution < -0.4 is 10.6 Å². The van der Waals surface area contributed by atoms with E-state index in [2.05, 4.69) is 10.6 Å². The van der Waals surface area contributed by atoms with E-state index in [1.54, 1.807) is 19.1 Å². The highest BCUT2D eigenvalue weighted by Crippen LogP contribution is 2.31. The molecule has 0 spiro atoms. The van der Waals surface area contributed by atoms with E-state index in [0.29, 0.717) is 12.0 Å². The van der Waals surface area contributed by atoms with Crippen molar-refractivity contribution in [1.82, 2.24) is 10.6 Å². The number of hydrogen-bond acceptors (Lipinski definition) is 4. The average Bonchev–Trinajstić information content (AvgIpc) is 2.90. The fourth-order valence-corrected chi connectivity index (χ4v) is 3.12. The maximum atomic E-state index is 12.3. The number of benzene rings is 2. The van der Waals surface area contributed by atoms with Gasteiger partial charge in [-0.2, -0.15) is 0 Å². The van der Waals surface area contributed by atoms with Gasteiger partial charge in [0.2, 0.25) is 0 Å². The van der Waals surface area contributed by atoms with E-state index in [9.17, 15) is 20.0 Å². The van der Waals surface area contributed by atoms with Crippen molar-refractivity contribution in [2.24, 2.45) is 0 Å². The Balaban J connectivity index is 1.67. The van der Waals surface area contributed by atoms with Crippen LogP contribution in [0, 0.1) is 10.1 Å². The van der Waals surface area contributed by atoms with Crippen LogP contribution in [0.2, 0.25) is 0 Å². The van der Waals surface area contributed by atoms with E-state index in [0.717, 1.165) is 11.1 Å². The Morgan fingerprint density at radius 3 is 2.80 bits per heavy atom. The molecular formula is C18H19N3O4. The molecule has 2 amide bonds. The zero-order valence-electron chi connectivity index (χ0n) is 13.7. The van der Waals surface area contributed by atoms with Gasteiger partial charge >= 0.3 is 6.03 Å². The van der Waals surface area contributed by atoms with Crippen molar-refractivity contribution >= 4 is 11.7 Å². The molecule has 1 aliphatic rings. The standard InChI is InChI=1S/C18H19N3O4/c1-11(12-6-4-7-14(9-12)21(24)25)19-18(23)20-17-15-8-3-2-5-13(15)10-16(17)22/h2-9,11,16-17,22H,10H2,1H3,(H2,19,20,23)/t11-,16+,17-/m0/s1. The number of urea groups is 1. The average molecular weight is 341 g/mol. The van der Waals surface area contributed by atoms with Gasteiger partial charge in [0.25, 0.3) is 5.69 Å². The molecule has 0 radical (unpaired) electrons. The van der Waals surface area contributed by atoms with Gasteiger partial charge in [-0.05, 0) is 23.6 Å². The number of amides is 2. The van der Waals surface area contributed by atoms with Crippen LogP contribution in [0.5, 0.6) is 0 Å². The van der Waals surface area contributed by atoms with Crippen LogP contribution in [0.3, 0.4) is 0 Å². The summed E-state index contributed by atoms with van der Waals surface area (Å²) in [6.07, 6.45) is -0.169. The highest BCUT2D eigenvalue weighted by molar-refractivity contribution is 5.75. The fourth-order valence-electron chi connectivity index (χ4n) is 3.12. The summed E-state index contributed by atoms with van der Waals surface area (Å²) in [6, 6.07) is 12.4. The second kappa shape index (κ2) is 6.90. The number of aliphatic hydroxyl groups excluding tert-OH is 1. The van der Waals surface area contributed by atoms with E-state index in [1.165, 1.54) is 12.1 Å². The molecule has 3 atom stereocenters. The van der Waals surface area contributed by atoms with Crippen molar-refractivity contribution in [3.8, 4) is 0 Å². The van der Waals surface area contributed by atoms with Crippen molar-refractivity contribution < 1.29 is 14.8 Å². The fraction of sp³-hybridized carbons (Fsp3) is 0.278. The topological polar surface area (TPSA) is 104 Å². The first kappa shape index (κ1) is 16.9. The van der Waals surface area contributed by atoms with Crippen LogP contribution in [0.4, 0.5) is 10.5 Å². The lowest BCUT2D eigenvalue weighted by Gasteiger charge is -2.21. The highest BCUT2D eigenvalue weighted by Gasteiger charge is 2.32. The molecule has 2 aromatic carbocycles. The Morgan fingerprint density at radius 2 is 2.04 bits per heavy atom. The number of fused-ring (bicyclic) bond motifs is 1. The quantitative estimate of drug-likeness (QED) is 0.587. The summed E-state index contributed by atoms with van der Waals surface area (Å²) < 4.78 is 0. The number of nitro groups is 1. The highest BCUT2D eigenvalue weighted by atomic mass is 16.6. The predicted octanol–water partition coefficient (Wildman–Crippen LogP) is 2.61. The summed E-state index contributed by atoms with van der Waals surface area (Å²) in [5.41, 5.74) is 2.55. The van der Waals surface area contributed by atoms with Gasteiger partial charge in [-0.3, -0.25) is 10.1 Å². The largest absolute Gasteiger partial charge is 0.390 e. The summed E-state index contributed by atoms with van der Waals surface area (Å²) in [6.45, 7) is 1.75. The number of carbonyl (C=O) groups excluding carboxylic acids is 1. The number of non-ortho nitro benzene ring substituents is 1. The second-order valence-corrected chi connectivity index (χ2v) is 6.14. The van der Waals surface area contributed by atoms with Gasteiger partial charge in [-0.25, -0.2) is 4.79 Å². The zero-order chi connectivity index (χ0) is 18.0. The van der Waals surface area contributed by atoms with Crippen molar-refractivity contribution in [3.05, 3.63) is 75.3 Å². The maximum Gasteiger partial charge on any atom is 0.315 e. The Hall–Kier alpha value is -2.93. The molecule has 0 aliphatic heterocycles. The Bertz CT molecular complexity index is 808. The first-order chi connectivity index (χ1) is 12.0. The molecular weight excluding hydrogens is 322 g/mol. The third-order valence-corrected chi connectivity index (χ3v) is 4.42. The summed E-state index contributed by atoms with van der Waals surface area (Å²) in [7, 11) is 0. The van der Waals surface area contributed by atoms with E-state index in [1.807, 2.05) is 24.3 Å². The molecule has 130 valence electrons. The van der Waals surface area contributed by atoms with Crippen LogP contribution in [0.15, 0.2) is 48.5 Å². The molecule has 7 nitrogen and oxygen atoms in total. The van der Waals surface area contributed by atoms with E-state index in [-0.39, 0.29) is 5.69 Å². The molecule has 0 aromatic heterocycles. The first-order valence-corrected chi connectivity index (χ1v) is 8.03. The van der Waals surface area contributed by atoms with Crippen LogP contribution in [-0.4, -0.2) is 22.2 Å². The number of nitrogens with zero attached hydrogens (tertiary/aromatic N) is 1. The molecule has 0 saturated heterocycles. The van der Waals surface area contributed by atoms with Crippen LogP contribution in [0.25, 0.3) is 0 Å². The number of rotatable bonds is 4. The van der Waals surface area contributed by atoms with E-state index >= 15 is 0 Å². The molecule has 0 fully saturated rings. The molecule has 3 N–H and O–H groups in total. The van der Waals surface area contributed by atoms with Gasteiger partial charge in [0.15, 0.2) is 0 Å². The molecule has 0 heterocycles. The van der Waals surface area contributed by atoms with E-state index < -0.39 is 29.1 Å². The minimum Gasteiger partial charge on any atom is -0.390 e. The SMILES string of the molecule is C[C@H](NC(=O)N[C@H]1c2ccccc2C[C@H]1O)c1cccc([N+](=O)[O-])c1. The molecule has 2 aromatic rings. The van der Waals surface area contributed by atoms with Crippen molar-refractivity contribution in [3.63, 3.8) is 0 Å². The van der Waals surface area contributed by atoms with Crippen molar-refractivity contribution in [2.45, 2.75) is 31.5 Å². The van der Waals surface area contributed by atoms with E-state index in [4.69, 9.17) is 0 Å². The van der Waals surface area contributed by atoms with Crippen LogP contribution in [-0.2, 0) is 6.42 Å². The van der Waals surface area contributed by atoms with Gasteiger partial charge in [0.1, 0.15) is 0 Å². The summed E-state index contributed by atoms with van der Waals surface area (Å²) in [5.74, 6) is 0. The van der Waals surface area contributed by atoms with Crippen molar-refractivity contribution in [2.75, 3.05) is 0 Å². The van der Waals surface area contributed by atoms with Crippen molar-refractivity contribution in [1.29, 1.82) is 0 Å². The molecule has 3 rings (SSSR count). The Morgan fingerprint density at radius 1 is 1.28 bits per heavy atom. The third kappa shape index (κ3) is 3.61. The molecule has 25 heavy (non-hydrogen) atoms. The lowest BCUT2D eigenvalue weighted by Crippen LogP contribution is -2.41. The van der Waals surface area contributed by atoms with Crippen LogP contribution >= 0.6 is 0 Å². The zero-order valence-corrected chi connectivity index (χ0v) is 13.7. The smallest absolute Gasteiger partial charge is 0.315 e. The normalized spacial score (nSPS) is 19.8.